The highest BCUT2D eigenvalue weighted by Crippen LogP contribution is 2.01. The highest BCUT2D eigenvalue weighted by atomic mass is 16.1. The molecule has 1 aromatic rings. The highest BCUT2D eigenvalue weighted by molar-refractivity contribution is 6.34. The Morgan fingerprint density at radius 1 is 1.42 bits per heavy atom. The van der Waals surface area contributed by atoms with Crippen LogP contribution in [0.3, 0.4) is 0 Å². The summed E-state index contributed by atoms with van der Waals surface area (Å²) in [6, 6.07) is 5.21. The monoisotopic (exact) mass is 156 g/mol. The summed E-state index contributed by atoms with van der Waals surface area (Å²) in [7, 11) is 5.66. The average Bonchev–Trinajstić information content (AvgIpc) is 2.09. The molecule has 2 heteroatoms. The summed E-state index contributed by atoms with van der Waals surface area (Å²) in [5.41, 5.74) is 2.23. The Balaban J connectivity index is 3.16. The number of carbonyl (C=O) groups excluding carboxylic acids is 1. The quantitative estimate of drug-likeness (QED) is 0.466. The van der Waals surface area contributed by atoms with Crippen molar-refractivity contribution in [1.29, 1.82) is 0 Å². The predicted molar refractivity (Wildman–Crippen MR) is 51.9 cm³/mol. The van der Waals surface area contributed by atoms with Gasteiger partial charge in [0.15, 0.2) is 0 Å². The molecule has 0 spiro atoms. The van der Waals surface area contributed by atoms with Crippen molar-refractivity contribution >= 4 is 25.7 Å². The zero-order valence-corrected chi connectivity index (χ0v) is 6.95. The second kappa shape index (κ2) is 3.91. The molecule has 0 fully saturated rings. The van der Waals surface area contributed by atoms with E-state index in [9.17, 15) is 4.79 Å². The number of benzene rings is 1. The van der Waals surface area contributed by atoms with Crippen molar-refractivity contribution in [3.8, 4) is 0 Å². The average molecular weight is 156 g/mol. The molecule has 0 saturated carbocycles. The molecule has 1 nitrogen and oxygen atoms in total. The maximum atomic E-state index is 10.4. The predicted octanol–water partition coefficient (Wildman–Crippen LogP) is 1.33. The lowest BCUT2D eigenvalue weighted by molar-refractivity contribution is 0.112. The van der Waals surface area contributed by atoms with Gasteiger partial charge < -0.3 is 0 Å². The molecule has 2 radical (unpaired) electrons. The molecule has 0 atom stereocenters. The first kappa shape index (κ1) is 8.79. The van der Waals surface area contributed by atoms with Crippen LogP contribution in [-0.4, -0.2) is 14.1 Å². The molecule has 0 amide bonds. The van der Waals surface area contributed by atoms with E-state index < -0.39 is 0 Å². The molecule has 0 bridgehead atoms. The Bertz CT molecular complexity index is 316. The molecule has 0 unspecified atom stereocenters. The number of rotatable bonds is 2. The molecule has 0 heterocycles. The van der Waals surface area contributed by atoms with Gasteiger partial charge in [0.1, 0.15) is 14.1 Å². The third-order valence-corrected chi connectivity index (χ3v) is 1.59. The van der Waals surface area contributed by atoms with Crippen LogP contribution in [0.2, 0.25) is 0 Å². The number of hydrogen-bond donors (Lipinski definition) is 0. The van der Waals surface area contributed by atoms with E-state index in [1.54, 1.807) is 18.2 Å². The fourth-order valence-electron chi connectivity index (χ4n) is 0.990. The Hall–Kier alpha value is -1.31. The van der Waals surface area contributed by atoms with Crippen molar-refractivity contribution in [1.82, 2.24) is 0 Å². The normalized spacial score (nSPS) is 10.4. The van der Waals surface area contributed by atoms with Gasteiger partial charge in [-0.25, -0.2) is 0 Å². The first-order valence-electron chi connectivity index (χ1n) is 3.75. The van der Waals surface area contributed by atoms with Crippen molar-refractivity contribution in [2.75, 3.05) is 0 Å². The van der Waals surface area contributed by atoms with Gasteiger partial charge in [-0.05, 0) is 18.6 Å². The van der Waals surface area contributed by atoms with Crippen LogP contribution in [0, 0.1) is 0 Å². The smallest absolute Gasteiger partial charge is 0.150 e. The summed E-state index contributed by atoms with van der Waals surface area (Å²) < 4.78 is 0. The minimum atomic E-state index is 0.650. The van der Waals surface area contributed by atoms with E-state index in [4.69, 9.17) is 7.85 Å². The van der Waals surface area contributed by atoms with Crippen molar-refractivity contribution in [3.63, 3.8) is 0 Å². The van der Waals surface area contributed by atoms with Gasteiger partial charge in [0, 0.05) is 5.56 Å². The topological polar surface area (TPSA) is 17.1 Å². The summed E-state index contributed by atoms with van der Waals surface area (Å²) in [5, 5.41) is 0. The molecule has 1 aromatic carbocycles. The summed E-state index contributed by atoms with van der Waals surface area (Å²) in [4.78, 5) is 10.4. The SMILES string of the molecule is [B]c1ccc(C=O)cc1/C=C\C. The van der Waals surface area contributed by atoms with Crippen LogP contribution in [0.25, 0.3) is 6.08 Å². The molecule has 0 aliphatic rings. The minimum Gasteiger partial charge on any atom is -0.298 e. The summed E-state index contributed by atoms with van der Waals surface area (Å²) in [6.07, 6.45) is 4.58. The fourth-order valence-corrected chi connectivity index (χ4v) is 0.990. The lowest BCUT2D eigenvalue weighted by atomic mass is 9.89. The van der Waals surface area contributed by atoms with Gasteiger partial charge in [0.25, 0.3) is 0 Å². The molecule has 58 valence electrons. The van der Waals surface area contributed by atoms with Crippen molar-refractivity contribution in [2.24, 2.45) is 0 Å². The Morgan fingerprint density at radius 3 is 2.75 bits per heavy atom. The maximum Gasteiger partial charge on any atom is 0.150 e. The van der Waals surface area contributed by atoms with Gasteiger partial charge in [0.2, 0.25) is 0 Å². The van der Waals surface area contributed by atoms with Gasteiger partial charge in [-0.15, -0.1) is 0 Å². The number of hydrogen-bond acceptors (Lipinski definition) is 1. The Labute approximate surface area is 73.5 Å². The second-order valence-electron chi connectivity index (χ2n) is 2.51. The van der Waals surface area contributed by atoms with Crippen molar-refractivity contribution < 1.29 is 4.79 Å². The summed E-state index contributed by atoms with van der Waals surface area (Å²) in [6.45, 7) is 1.91. The zero-order chi connectivity index (χ0) is 8.97. The third kappa shape index (κ3) is 1.85. The molecule has 1 rings (SSSR count). The molecule has 0 aliphatic carbocycles. The van der Waals surface area contributed by atoms with Gasteiger partial charge in [-0.3, -0.25) is 4.79 Å². The van der Waals surface area contributed by atoms with E-state index >= 15 is 0 Å². The summed E-state index contributed by atoms with van der Waals surface area (Å²) in [5.74, 6) is 0. The standard InChI is InChI=1S/C10H9BO/c1-2-3-9-6-8(7-12)4-5-10(9)11/h2-7H,1H3/b3-2-. The number of carbonyl (C=O) groups is 1. The van der Waals surface area contributed by atoms with Gasteiger partial charge in [0.05, 0.1) is 0 Å². The van der Waals surface area contributed by atoms with Crippen molar-refractivity contribution in [3.05, 3.63) is 35.4 Å². The van der Waals surface area contributed by atoms with E-state index in [0.717, 1.165) is 11.8 Å². The molecular formula is C10H9BO. The van der Waals surface area contributed by atoms with E-state index in [2.05, 4.69) is 0 Å². The fraction of sp³-hybridized carbons (Fsp3) is 0.100. The van der Waals surface area contributed by atoms with Crippen LogP contribution in [0.5, 0.6) is 0 Å². The number of allylic oxidation sites excluding steroid dienone is 1. The maximum absolute atomic E-state index is 10.4. The lowest BCUT2D eigenvalue weighted by Gasteiger charge is -2.00. The second-order valence-corrected chi connectivity index (χ2v) is 2.51. The van der Waals surface area contributed by atoms with Crippen LogP contribution >= 0.6 is 0 Å². The molecule has 0 saturated heterocycles. The highest BCUT2D eigenvalue weighted by Gasteiger charge is 1.94. The van der Waals surface area contributed by atoms with Crippen LogP contribution in [-0.2, 0) is 0 Å². The largest absolute Gasteiger partial charge is 0.298 e. The van der Waals surface area contributed by atoms with E-state index in [1.165, 1.54) is 0 Å². The van der Waals surface area contributed by atoms with Gasteiger partial charge >= 0.3 is 0 Å². The first-order chi connectivity index (χ1) is 5.77. The van der Waals surface area contributed by atoms with E-state index in [0.29, 0.717) is 11.0 Å². The first-order valence-corrected chi connectivity index (χ1v) is 3.75. The minimum absolute atomic E-state index is 0.650. The van der Waals surface area contributed by atoms with Gasteiger partial charge in [-0.1, -0.05) is 29.7 Å². The van der Waals surface area contributed by atoms with Crippen LogP contribution < -0.4 is 5.46 Å². The molecule has 0 N–H and O–H groups in total. The van der Waals surface area contributed by atoms with Crippen molar-refractivity contribution in [2.45, 2.75) is 6.92 Å². The Kier molecular flexibility index (Phi) is 2.86. The van der Waals surface area contributed by atoms with E-state index in [-0.39, 0.29) is 0 Å². The van der Waals surface area contributed by atoms with Crippen LogP contribution in [0.15, 0.2) is 24.3 Å². The third-order valence-electron chi connectivity index (χ3n) is 1.59. The lowest BCUT2D eigenvalue weighted by Crippen LogP contribution is -2.06. The Morgan fingerprint density at radius 2 is 2.17 bits per heavy atom. The zero-order valence-electron chi connectivity index (χ0n) is 6.95. The molecule has 0 aliphatic heterocycles. The molecule has 0 aromatic heterocycles. The summed E-state index contributed by atoms with van der Waals surface area (Å²) >= 11 is 0. The number of aldehydes is 1. The van der Waals surface area contributed by atoms with Crippen LogP contribution in [0.4, 0.5) is 0 Å². The van der Waals surface area contributed by atoms with E-state index in [1.807, 2.05) is 19.1 Å². The molecule has 12 heavy (non-hydrogen) atoms. The van der Waals surface area contributed by atoms with Crippen LogP contribution in [0.1, 0.15) is 22.8 Å². The van der Waals surface area contributed by atoms with Gasteiger partial charge in [-0.2, -0.15) is 0 Å². The molecular weight excluding hydrogens is 147 g/mol.